The number of carbonyl (C=O) groups excluding carboxylic acids is 5. The average molecular weight is 708 g/mol. The average Bonchev–Trinajstić information content (AvgIpc) is 3.63. The molecule has 0 spiro atoms. The maximum atomic E-state index is 14.0. The van der Waals surface area contributed by atoms with Gasteiger partial charge in [-0.1, -0.05) is 11.6 Å². The molecule has 0 unspecified atom stereocenters. The van der Waals surface area contributed by atoms with E-state index in [1.807, 2.05) is 0 Å². The predicted molar refractivity (Wildman–Crippen MR) is 162 cm³/mol. The fourth-order valence-corrected chi connectivity index (χ4v) is 6.78. The molecular weight excluding hydrogens is 669 g/mol. The number of ether oxygens (including phenoxy) is 7. The lowest BCUT2D eigenvalue weighted by Gasteiger charge is -2.38. The van der Waals surface area contributed by atoms with Crippen LogP contribution in [0, 0.1) is 29.5 Å². The predicted octanol–water partition coefficient (Wildman–Crippen LogP) is 4.81. The number of carbonyl (C=O) groups is 5. The molecule has 0 aliphatic heterocycles. The SMILES string of the molecule is CC(C)OC(=O)OCOC(=O)[C@H]1[C@@H]2[C@H](O)[C@@H](CSc3ccc(F)c(Cl)c3)[C@@](NC(=O)OC(C)(C)C)(C(=O)OCOC(=O)OC(C)C)[C@H]12. The van der Waals surface area contributed by atoms with Gasteiger partial charge in [0.05, 0.1) is 29.3 Å². The van der Waals surface area contributed by atoms with Gasteiger partial charge in [-0.25, -0.2) is 23.6 Å². The largest absolute Gasteiger partial charge is 0.511 e. The number of aliphatic hydroxyl groups excluding tert-OH is 1. The third-order valence-electron chi connectivity index (χ3n) is 7.04. The Labute approximate surface area is 280 Å². The second-order valence-corrected chi connectivity index (χ2v) is 13.9. The number of benzene rings is 1. The summed E-state index contributed by atoms with van der Waals surface area (Å²) in [6, 6.07) is 3.93. The Morgan fingerprint density at radius 2 is 1.55 bits per heavy atom. The van der Waals surface area contributed by atoms with Gasteiger partial charge in [-0.3, -0.25) is 4.79 Å². The first-order chi connectivity index (χ1) is 21.9. The van der Waals surface area contributed by atoms with Crippen molar-refractivity contribution in [1.29, 1.82) is 0 Å². The van der Waals surface area contributed by atoms with E-state index in [9.17, 15) is 33.5 Å². The summed E-state index contributed by atoms with van der Waals surface area (Å²) >= 11 is 7.02. The van der Waals surface area contributed by atoms with Gasteiger partial charge in [-0.05, 0) is 66.7 Å². The topological polar surface area (TPSA) is 182 Å². The molecule has 262 valence electrons. The number of nitrogens with one attached hydrogen (secondary N) is 1. The Hall–Kier alpha value is -3.50. The molecule has 0 aromatic heterocycles. The number of esters is 2. The maximum Gasteiger partial charge on any atom is 0.511 e. The van der Waals surface area contributed by atoms with Gasteiger partial charge in [0, 0.05) is 28.4 Å². The van der Waals surface area contributed by atoms with Crippen molar-refractivity contribution < 1.29 is 66.6 Å². The van der Waals surface area contributed by atoms with Crippen LogP contribution >= 0.6 is 23.4 Å². The molecule has 2 saturated carbocycles. The summed E-state index contributed by atoms with van der Waals surface area (Å²) in [4.78, 5) is 64.5. The van der Waals surface area contributed by atoms with Gasteiger partial charge in [-0.15, -0.1) is 11.8 Å². The zero-order chi connectivity index (χ0) is 35.3. The van der Waals surface area contributed by atoms with Gasteiger partial charge in [-0.2, -0.15) is 0 Å². The van der Waals surface area contributed by atoms with Gasteiger partial charge >= 0.3 is 30.3 Å². The molecule has 6 atom stereocenters. The van der Waals surface area contributed by atoms with Crippen LogP contribution in [0.25, 0.3) is 0 Å². The van der Waals surface area contributed by atoms with Gasteiger partial charge in [0.1, 0.15) is 11.4 Å². The summed E-state index contributed by atoms with van der Waals surface area (Å²) in [6.45, 7) is 9.36. The molecule has 14 nitrogen and oxygen atoms in total. The summed E-state index contributed by atoms with van der Waals surface area (Å²) < 4.78 is 48.9. The highest BCUT2D eigenvalue weighted by Gasteiger charge is 2.80. The van der Waals surface area contributed by atoms with Crippen LogP contribution in [0.5, 0.6) is 0 Å². The van der Waals surface area contributed by atoms with Crippen molar-refractivity contribution in [2.75, 3.05) is 19.3 Å². The van der Waals surface area contributed by atoms with Crippen molar-refractivity contribution in [1.82, 2.24) is 5.32 Å². The van der Waals surface area contributed by atoms with E-state index in [-0.39, 0.29) is 10.8 Å². The van der Waals surface area contributed by atoms with E-state index in [4.69, 9.17) is 44.8 Å². The fraction of sp³-hybridized carbons (Fsp3) is 0.633. The Kier molecular flexibility index (Phi) is 12.6. The lowest BCUT2D eigenvalue weighted by Crippen LogP contribution is -2.63. The Balaban J connectivity index is 1.93. The first-order valence-corrected chi connectivity index (χ1v) is 16.0. The quantitative estimate of drug-likeness (QED) is 0.131. The van der Waals surface area contributed by atoms with Crippen molar-refractivity contribution in [3.8, 4) is 0 Å². The number of alkyl carbamates (subject to hydrolysis) is 1. The third kappa shape index (κ3) is 9.76. The molecule has 0 saturated heterocycles. The molecule has 1 amide bonds. The summed E-state index contributed by atoms with van der Waals surface area (Å²) in [7, 11) is 0. The van der Waals surface area contributed by atoms with E-state index >= 15 is 0 Å². The van der Waals surface area contributed by atoms with Crippen molar-refractivity contribution in [2.24, 2.45) is 23.7 Å². The van der Waals surface area contributed by atoms with Crippen molar-refractivity contribution in [2.45, 2.75) is 82.8 Å². The molecule has 2 aliphatic rings. The lowest BCUT2D eigenvalue weighted by atomic mass is 9.80. The molecule has 1 aromatic rings. The molecular formula is C30H39ClFNO13S. The molecule has 17 heteroatoms. The molecule has 2 aliphatic carbocycles. The minimum absolute atomic E-state index is 0.0663. The van der Waals surface area contributed by atoms with E-state index < -0.39 is 103 Å². The van der Waals surface area contributed by atoms with E-state index in [0.717, 1.165) is 17.8 Å². The van der Waals surface area contributed by atoms with Crippen molar-refractivity contribution >= 4 is 53.7 Å². The Morgan fingerprint density at radius 3 is 2.09 bits per heavy atom. The third-order valence-corrected chi connectivity index (χ3v) is 8.44. The van der Waals surface area contributed by atoms with Gasteiger partial charge < -0.3 is 43.6 Å². The fourth-order valence-electron chi connectivity index (χ4n) is 5.34. The Morgan fingerprint density at radius 1 is 0.979 bits per heavy atom. The van der Waals surface area contributed by atoms with Crippen molar-refractivity contribution in [3.05, 3.63) is 29.0 Å². The van der Waals surface area contributed by atoms with Crippen LogP contribution in [0.4, 0.5) is 18.8 Å². The minimum atomic E-state index is -2.13. The summed E-state index contributed by atoms with van der Waals surface area (Å²) in [5.41, 5.74) is -3.15. The van der Waals surface area contributed by atoms with E-state index in [1.165, 1.54) is 12.1 Å². The van der Waals surface area contributed by atoms with E-state index in [2.05, 4.69) is 5.32 Å². The number of hydrogen-bond donors (Lipinski definition) is 2. The number of aliphatic hydroxyl groups is 1. The van der Waals surface area contributed by atoms with Gasteiger partial charge in [0.25, 0.3) is 0 Å². The van der Waals surface area contributed by atoms with Gasteiger partial charge in [0.2, 0.25) is 13.6 Å². The van der Waals surface area contributed by atoms with Crippen molar-refractivity contribution in [3.63, 3.8) is 0 Å². The van der Waals surface area contributed by atoms with Crippen LogP contribution in [0.3, 0.4) is 0 Å². The van der Waals surface area contributed by atoms with Crippen LogP contribution in [-0.2, 0) is 42.7 Å². The highest BCUT2D eigenvalue weighted by molar-refractivity contribution is 7.99. The van der Waals surface area contributed by atoms with E-state index in [1.54, 1.807) is 48.5 Å². The number of rotatable bonds is 12. The van der Waals surface area contributed by atoms with E-state index in [0.29, 0.717) is 4.90 Å². The first-order valence-electron chi connectivity index (χ1n) is 14.6. The molecule has 3 rings (SSSR count). The summed E-state index contributed by atoms with van der Waals surface area (Å²) in [6.07, 6.45) is -5.69. The molecule has 0 bridgehead atoms. The van der Waals surface area contributed by atoms with Gasteiger partial charge in [0.15, 0.2) is 5.54 Å². The smallest absolute Gasteiger partial charge is 0.444 e. The number of hydrogen-bond acceptors (Lipinski definition) is 14. The number of amides is 1. The summed E-state index contributed by atoms with van der Waals surface area (Å²) in [5, 5.41) is 13.9. The first kappa shape index (κ1) is 38.0. The van der Waals surface area contributed by atoms with Crippen LogP contribution in [0.2, 0.25) is 5.02 Å². The summed E-state index contributed by atoms with van der Waals surface area (Å²) in [5.74, 6) is -7.12. The monoisotopic (exact) mass is 707 g/mol. The van der Waals surface area contributed by atoms with Crippen LogP contribution in [0.1, 0.15) is 48.5 Å². The number of thioether (sulfide) groups is 1. The highest BCUT2D eigenvalue weighted by atomic mass is 35.5. The highest BCUT2D eigenvalue weighted by Crippen LogP contribution is 2.66. The number of halogens is 2. The zero-order valence-electron chi connectivity index (χ0n) is 26.9. The maximum absolute atomic E-state index is 14.0. The normalized spacial score (nSPS) is 24.6. The molecule has 0 heterocycles. The molecule has 2 N–H and O–H groups in total. The molecule has 2 fully saturated rings. The molecule has 47 heavy (non-hydrogen) atoms. The standard InChI is InChI=1S/C30H39ClFNO13S/c1-14(2)44-27(38)42-12-40-24(35)21-20-22(21)30(33-26(37)46-29(5,6)7,25(36)41-13-43-28(39)45-15(3)4)17(23(20)34)11-47-16-8-9-19(32)18(31)10-16/h8-10,14-15,17,20-23,34H,11-13H2,1-7H3,(H,33,37)/t17-,20+,21+,22+,23-,30+/m1/s1. The second kappa shape index (κ2) is 15.6. The molecule has 1 aromatic carbocycles. The van der Waals surface area contributed by atoms with Crippen LogP contribution < -0.4 is 5.32 Å². The zero-order valence-corrected chi connectivity index (χ0v) is 28.5. The van der Waals surface area contributed by atoms with Crippen LogP contribution in [0.15, 0.2) is 23.1 Å². The lowest BCUT2D eigenvalue weighted by molar-refractivity contribution is -0.167. The Bertz CT molecular complexity index is 1340. The second-order valence-electron chi connectivity index (χ2n) is 12.4. The molecule has 0 radical (unpaired) electrons. The van der Waals surface area contributed by atoms with Crippen LogP contribution in [-0.4, -0.2) is 84.2 Å². The minimum Gasteiger partial charge on any atom is -0.444 e. The number of fused-ring (bicyclic) bond motifs is 1.